The Bertz CT molecular complexity index is 932. The van der Waals surface area contributed by atoms with E-state index in [0.29, 0.717) is 19.8 Å². The molecular weight excluding hydrogens is 374 g/mol. The Morgan fingerprint density at radius 2 is 1.53 bits per heavy atom. The molecule has 0 saturated heterocycles. The van der Waals surface area contributed by atoms with Crippen LogP contribution < -0.4 is 4.74 Å². The van der Waals surface area contributed by atoms with Gasteiger partial charge in [0.25, 0.3) is 0 Å². The highest BCUT2D eigenvalue weighted by atomic mass is 16.5. The highest BCUT2D eigenvalue weighted by Gasteiger charge is 2.14. The Balaban J connectivity index is 1.63. The van der Waals surface area contributed by atoms with E-state index in [1.54, 1.807) is 0 Å². The highest BCUT2D eigenvalue weighted by Crippen LogP contribution is 2.31. The Hall–Kier alpha value is -2.43. The molecule has 160 valence electrons. The number of para-hydroxylation sites is 1. The minimum absolute atomic E-state index is 0.0802. The summed E-state index contributed by atoms with van der Waals surface area (Å²) in [6.07, 6.45) is 1.97. The minimum Gasteiger partial charge on any atom is -0.488 e. The molecule has 30 heavy (non-hydrogen) atoms. The molecule has 0 amide bonds. The first-order valence-electron chi connectivity index (χ1n) is 10.7. The summed E-state index contributed by atoms with van der Waals surface area (Å²) >= 11 is 0. The van der Waals surface area contributed by atoms with E-state index < -0.39 is 0 Å². The topological polar surface area (TPSA) is 40.6 Å². The monoisotopic (exact) mass is 407 g/mol. The number of hydrogen-bond acceptors (Lipinski definition) is 4. The molecule has 1 aromatic heterocycles. The first kappa shape index (κ1) is 22.3. The molecule has 1 heterocycles. The summed E-state index contributed by atoms with van der Waals surface area (Å²) in [5.41, 5.74) is 3.98. The van der Waals surface area contributed by atoms with Gasteiger partial charge in [-0.1, -0.05) is 42.5 Å². The van der Waals surface area contributed by atoms with Gasteiger partial charge in [-0.2, -0.15) is 0 Å². The third kappa shape index (κ3) is 6.54. The predicted octanol–water partition coefficient (Wildman–Crippen LogP) is 6.23. The summed E-state index contributed by atoms with van der Waals surface area (Å²) in [5.74, 6) is 0.890. The van der Waals surface area contributed by atoms with E-state index in [1.165, 1.54) is 0 Å². The first-order chi connectivity index (χ1) is 14.4. The maximum absolute atomic E-state index is 6.26. The molecule has 0 fully saturated rings. The van der Waals surface area contributed by atoms with Crippen molar-refractivity contribution in [3.05, 3.63) is 71.4 Å². The zero-order valence-corrected chi connectivity index (χ0v) is 18.6. The number of hydrogen-bond donors (Lipinski definition) is 0. The Kier molecular flexibility index (Phi) is 7.83. The normalized spacial score (nSPS) is 11.7. The quantitative estimate of drug-likeness (QED) is 0.373. The maximum Gasteiger partial charge on any atom is 0.134 e. The van der Waals surface area contributed by atoms with E-state index in [1.807, 2.05) is 36.4 Å². The van der Waals surface area contributed by atoms with Gasteiger partial charge in [0, 0.05) is 24.2 Å². The number of fused-ring (bicyclic) bond motifs is 1. The molecule has 0 aliphatic rings. The van der Waals surface area contributed by atoms with Crippen LogP contribution in [-0.2, 0) is 22.7 Å². The molecule has 2 aromatic carbocycles. The minimum atomic E-state index is -0.0802. The van der Waals surface area contributed by atoms with Gasteiger partial charge in [-0.25, -0.2) is 4.98 Å². The van der Waals surface area contributed by atoms with Crippen LogP contribution in [0.4, 0.5) is 0 Å². The van der Waals surface area contributed by atoms with Gasteiger partial charge >= 0.3 is 0 Å². The van der Waals surface area contributed by atoms with Gasteiger partial charge in [0.1, 0.15) is 12.4 Å². The smallest absolute Gasteiger partial charge is 0.134 e. The van der Waals surface area contributed by atoms with Gasteiger partial charge in [-0.05, 0) is 58.2 Å². The molecule has 0 saturated carbocycles. The molecule has 3 aromatic rings. The molecule has 0 atom stereocenters. The van der Waals surface area contributed by atoms with E-state index in [2.05, 4.69) is 45.9 Å². The molecule has 0 spiro atoms. The lowest BCUT2D eigenvalue weighted by Crippen LogP contribution is -2.19. The second-order valence-electron chi connectivity index (χ2n) is 8.52. The Labute approximate surface area is 180 Å². The van der Waals surface area contributed by atoms with Crippen LogP contribution >= 0.6 is 0 Å². The molecule has 0 bridgehead atoms. The number of ether oxygens (including phenoxy) is 3. The van der Waals surface area contributed by atoms with Crippen molar-refractivity contribution >= 4 is 10.9 Å². The van der Waals surface area contributed by atoms with Gasteiger partial charge in [0.15, 0.2) is 0 Å². The standard InChI is InChI=1S/C26H33NO3/c1-20-24(19-28-16-10-11-17-30-26(2,3)4)27-23-15-9-8-14-22(23)25(20)29-18-21-12-6-5-7-13-21/h5-9,12-15H,10-11,16-19H2,1-4H3. The van der Waals surface area contributed by atoms with Crippen LogP contribution in [0, 0.1) is 6.92 Å². The number of nitrogens with zero attached hydrogens (tertiary/aromatic N) is 1. The van der Waals surface area contributed by atoms with Crippen molar-refractivity contribution in [1.82, 2.24) is 4.98 Å². The Morgan fingerprint density at radius 1 is 0.833 bits per heavy atom. The zero-order valence-electron chi connectivity index (χ0n) is 18.6. The van der Waals surface area contributed by atoms with Crippen LogP contribution in [0.3, 0.4) is 0 Å². The van der Waals surface area contributed by atoms with E-state index >= 15 is 0 Å². The van der Waals surface area contributed by atoms with Gasteiger partial charge < -0.3 is 14.2 Å². The highest BCUT2D eigenvalue weighted by molar-refractivity contribution is 5.86. The molecular formula is C26H33NO3. The van der Waals surface area contributed by atoms with Crippen LogP contribution in [0.2, 0.25) is 0 Å². The SMILES string of the molecule is Cc1c(COCCCCOC(C)(C)C)nc2ccccc2c1OCc1ccccc1. The third-order valence-electron chi connectivity index (χ3n) is 4.86. The van der Waals surface area contributed by atoms with Crippen LogP contribution in [0.1, 0.15) is 50.4 Å². The number of pyridine rings is 1. The lowest BCUT2D eigenvalue weighted by atomic mass is 10.1. The van der Waals surface area contributed by atoms with Crippen molar-refractivity contribution < 1.29 is 14.2 Å². The van der Waals surface area contributed by atoms with E-state index in [0.717, 1.165) is 52.9 Å². The van der Waals surface area contributed by atoms with Crippen LogP contribution in [-0.4, -0.2) is 23.8 Å². The molecule has 0 radical (unpaired) electrons. The molecule has 0 N–H and O–H groups in total. The summed E-state index contributed by atoms with van der Waals surface area (Å²) in [5, 5.41) is 1.04. The first-order valence-corrected chi connectivity index (χ1v) is 10.7. The number of unbranched alkanes of at least 4 members (excludes halogenated alkanes) is 1. The van der Waals surface area contributed by atoms with E-state index in [9.17, 15) is 0 Å². The fraction of sp³-hybridized carbons (Fsp3) is 0.423. The van der Waals surface area contributed by atoms with Crippen LogP contribution in [0.5, 0.6) is 5.75 Å². The summed E-state index contributed by atoms with van der Waals surface area (Å²) in [6, 6.07) is 18.3. The fourth-order valence-corrected chi connectivity index (χ4v) is 3.24. The van der Waals surface area contributed by atoms with Crippen molar-refractivity contribution in [2.45, 2.75) is 59.4 Å². The molecule has 4 nitrogen and oxygen atoms in total. The number of aromatic nitrogens is 1. The average molecular weight is 408 g/mol. The summed E-state index contributed by atoms with van der Waals surface area (Å²) < 4.78 is 17.9. The van der Waals surface area contributed by atoms with Gasteiger partial charge in [0.2, 0.25) is 0 Å². The van der Waals surface area contributed by atoms with E-state index in [4.69, 9.17) is 19.2 Å². The number of rotatable bonds is 10. The largest absolute Gasteiger partial charge is 0.488 e. The maximum atomic E-state index is 6.26. The fourth-order valence-electron chi connectivity index (χ4n) is 3.24. The molecule has 3 rings (SSSR count). The van der Waals surface area contributed by atoms with E-state index in [-0.39, 0.29) is 5.60 Å². The van der Waals surface area contributed by atoms with Crippen LogP contribution in [0.25, 0.3) is 10.9 Å². The average Bonchev–Trinajstić information content (AvgIpc) is 2.73. The second kappa shape index (κ2) is 10.6. The van der Waals surface area contributed by atoms with Gasteiger partial charge in [-0.15, -0.1) is 0 Å². The molecule has 4 heteroatoms. The van der Waals surface area contributed by atoms with Gasteiger partial charge in [0.05, 0.1) is 23.4 Å². The van der Waals surface area contributed by atoms with Crippen LogP contribution in [0.15, 0.2) is 54.6 Å². The molecule has 0 aliphatic carbocycles. The third-order valence-corrected chi connectivity index (χ3v) is 4.86. The summed E-state index contributed by atoms with van der Waals surface area (Å²) in [6.45, 7) is 10.8. The number of benzene rings is 2. The predicted molar refractivity (Wildman–Crippen MR) is 122 cm³/mol. The van der Waals surface area contributed by atoms with Crippen molar-refractivity contribution in [1.29, 1.82) is 0 Å². The zero-order chi connectivity index (χ0) is 21.4. The molecule has 0 unspecified atom stereocenters. The van der Waals surface area contributed by atoms with Crippen molar-refractivity contribution in [2.24, 2.45) is 0 Å². The van der Waals surface area contributed by atoms with Crippen molar-refractivity contribution in [2.75, 3.05) is 13.2 Å². The van der Waals surface area contributed by atoms with Gasteiger partial charge in [-0.3, -0.25) is 0 Å². The lowest BCUT2D eigenvalue weighted by molar-refractivity contribution is -0.00769. The Morgan fingerprint density at radius 3 is 2.30 bits per heavy atom. The van der Waals surface area contributed by atoms with Crippen molar-refractivity contribution in [3.8, 4) is 5.75 Å². The second-order valence-corrected chi connectivity index (χ2v) is 8.52. The summed E-state index contributed by atoms with van der Waals surface area (Å²) in [7, 11) is 0. The lowest BCUT2D eigenvalue weighted by Gasteiger charge is -2.19. The molecule has 0 aliphatic heterocycles. The van der Waals surface area contributed by atoms with Crippen molar-refractivity contribution in [3.63, 3.8) is 0 Å². The summed E-state index contributed by atoms with van der Waals surface area (Å²) in [4.78, 5) is 4.83.